The molecule has 1 unspecified atom stereocenters. The number of amides is 3. The first-order valence-electron chi connectivity index (χ1n) is 6.05. The van der Waals surface area contributed by atoms with E-state index in [1.165, 1.54) is 7.05 Å². The maximum absolute atomic E-state index is 11.7. The molecule has 1 aliphatic rings. The van der Waals surface area contributed by atoms with E-state index in [1.54, 1.807) is 0 Å². The molecule has 0 aliphatic carbocycles. The van der Waals surface area contributed by atoms with Gasteiger partial charge in [0.1, 0.15) is 0 Å². The molecule has 1 saturated heterocycles. The standard InChI is InChI=1S/C12H21N3O3/c1-12(2,3)14-9(16)7-13-8-5-6-10(17)15(4)11(8)18/h8,13H,5-7H2,1-4H3,(H,14,16). The van der Waals surface area contributed by atoms with Crippen LogP contribution < -0.4 is 10.6 Å². The van der Waals surface area contributed by atoms with E-state index in [1.807, 2.05) is 20.8 Å². The Kier molecular flexibility index (Phi) is 4.45. The van der Waals surface area contributed by atoms with Gasteiger partial charge in [-0.2, -0.15) is 0 Å². The molecule has 102 valence electrons. The fourth-order valence-electron chi connectivity index (χ4n) is 1.78. The van der Waals surface area contributed by atoms with Crippen LogP contribution in [-0.2, 0) is 14.4 Å². The Morgan fingerprint density at radius 3 is 2.56 bits per heavy atom. The summed E-state index contributed by atoms with van der Waals surface area (Å²) in [5.41, 5.74) is -0.290. The van der Waals surface area contributed by atoms with Gasteiger partial charge in [0.15, 0.2) is 0 Å². The van der Waals surface area contributed by atoms with Crippen LogP contribution in [0.1, 0.15) is 33.6 Å². The molecule has 0 aromatic carbocycles. The summed E-state index contributed by atoms with van der Waals surface area (Å²) in [5.74, 6) is -0.596. The zero-order valence-corrected chi connectivity index (χ0v) is 11.4. The zero-order chi connectivity index (χ0) is 13.9. The van der Waals surface area contributed by atoms with Crippen molar-refractivity contribution in [3.05, 3.63) is 0 Å². The van der Waals surface area contributed by atoms with Gasteiger partial charge in [-0.25, -0.2) is 0 Å². The van der Waals surface area contributed by atoms with Crippen molar-refractivity contribution in [3.63, 3.8) is 0 Å². The van der Waals surface area contributed by atoms with Crippen molar-refractivity contribution in [1.29, 1.82) is 0 Å². The number of likely N-dealkylation sites (N-methyl/N-ethyl adjacent to an activating group) is 1. The minimum absolute atomic E-state index is 0.0791. The number of carbonyl (C=O) groups excluding carboxylic acids is 3. The van der Waals surface area contributed by atoms with Crippen molar-refractivity contribution >= 4 is 17.7 Å². The first-order valence-corrected chi connectivity index (χ1v) is 6.05. The zero-order valence-electron chi connectivity index (χ0n) is 11.4. The van der Waals surface area contributed by atoms with Gasteiger partial charge in [0, 0.05) is 19.0 Å². The van der Waals surface area contributed by atoms with Crippen molar-refractivity contribution in [2.45, 2.75) is 45.2 Å². The largest absolute Gasteiger partial charge is 0.350 e. The molecular weight excluding hydrogens is 234 g/mol. The molecule has 1 aliphatic heterocycles. The van der Waals surface area contributed by atoms with Crippen LogP contribution in [0.2, 0.25) is 0 Å². The summed E-state index contributed by atoms with van der Waals surface area (Å²) in [4.78, 5) is 35.7. The van der Waals surface area contributed by atoms with Crippen LogP contribution in [0.3, 0.4) is 0 Å². The molecule has 18 heavy (non-hydrogen) atoms. The van der Waals surface area contributed by atoms with E-state index in [2.05, 4.69) is 10.6 Å². The van der Waals surface area contributed by atoms with Crippen LogP contribution in [-0.4, -0.2) is 47.8 Å². The van der Waals surface area contributed by atoms with Crippen LogP contribution in [0.5, 0.6) is 0 Å². The van der Waals surface area contributed by atoms with Crippen LogP contribution in [0.15, 0.2) is 0 Å². The molecule has 0 spiro atoms. The highest BCUT2D eigenvalue weighted by atomic mass is 16.2. The Morgan fingerprint density at radius 1 is 1.39 bits per heavy atom. The number of carbonyl (C=O) groups is 3. The lowest BCUT2D eigenvalue weighted by Crippen LogP contribution is -2.54. The maximum atomic E-state index is 11.7. The molecule has 2 N–H and O–H groups in total. The van der Waals surface area contributed by atoms with Crippen molar-refractivity contribution in [3.8, 4) is 0 Å². The van der Waals surface area contributed by atoms with Gasteiger partial charge in [0.2, 0.25) is 17.7 Å². The van der Waals surface area contributed by atoms with Crippen LogP contribution >= 0.6 is 0 Å². The minimum Gasteiger partial charge on any atom is -0.350 e. The van der Waals surface area contributed by atoms with Crippen LogP contribution in [0.4, 0.5) is 0 Å². The molecule has 0 aromatic rings. The molecule has 0 bridgehead atoms. The van der Waals surface area contributed by atoms with Gasteiger partial charge in [-0.05, 0) is 27.2 Å². The molecular formula is C12H21N3O3. The molecule has 0 radical (unpaired) electrons. The SMILES string of the molecule is CN1C(=O)CCC(NCC(=O)NC(C)(C)C)C1=O. The molecule has 1 heterocycles. The molecule has 1 rings (SSSR count). The fourth-order valence-corrected chi connectivity index (χ4v) is 1.78. The van der Waals surface area contributed by atoms with E-state index >= 15 is 0 Å². The minimum atomic E-state index is -0.446. The summed E-state index contributed by atoms with van der Waals surface area (Å²) >= 11 is 0. The molecule has 3 amide bonds. The number of nitrogens with zero attached hydrogens (tertiary/aromatic N) is 1. The second-order valence-electron chi connectivity index (χ2n) is 5.56. The van der Waals surface area contributed by atoms with E-state index in [4.69, 9.17) is 0 Å². The van der Waals surface area contributed by atoms with Gasteiger partial charge in [0.05, 0.1) is 12.6 Å². The quantitative estimate of drug-likeness (QED) is 0.675. The number of likely N-dealkylation sites (tertiary alicyclic amines) is 1. The number of hydrogen-bond acceptors (Lipinski definition) is 4. The Morgan fingerprint density at radius 2 is 2.00 bits per heavy atom. The molecule has 0 aromatic heterocycles. The summed E-state index contributed by atoms with van der Waals surface area (Å²) in [5, 5.41) is 5.69. The fraction of sp³-hybridized carbons (Fsp3) is 0.750. The molecule has 1 atom stereocenters. The lowest BCUT2D eigenvalue weighted by atomic mass is 10.0. The number of rotatable bonds is 3. The second kappa shape index (κ2) is 5.48. The topological polar surface area (TPSA) is 78.5 Å². The molecule has 0 saturated carbocycles. The summed E-state index contributed by atoms with van der Waals surface area (Å²) in [7, 11) is 1.47. The summed E-state index contributed by atoms with van der Waals surface area (Å²) in [6, 6.07) is -0.446. The molecule has 6 heteroatoms. The van der Waals surface area contributed by atoms with E-state index in [0.29, 0.717) is 12.8 Å². The Labute approximate surface area is 107 Å². The number of nitrogens with one attached hydrogen (secondary N) is 2. The van der Waals surface area contributed by atoms with Crippen molar-refractivity contribution in [1.82, 2.24) is 15.5 Å². The predicted molar refractivity (Wildman–Crippen MR) is 66.7 cm³/mol. The third-order valence-corrected chi connectivity index (χ3v) is 2.67. The van der Waals surface area contributed by atoms with E-state index < -0.39 is 6.04 Å². The van der Waals surface area contributed by atoms with Crippen molar-refractivity contribution in [2.24, 2.45) is 0 Å². The van der Waals surface area contributed by atoms with Gasteiger partial charge in [-0.1, -0.05) is 0 Å². The highest BCUT2D eigenvalue weighted by Crippen LogP contribution is 2.11. The van der Waals surface area contributed by atoms with E-state index in [9.17, 15) is 14.4 Å². The van der Waals surface area contributed by atoms with Gasteiger partial charge in [-0.3, -0.25) is 24.6 Å². The first-order chi connectivity index (χ1) is 8.20. The average molecular weight is 255 g/mol. The summed E-state index contributed by atoms with van der Waals surface area (Å²) < 4.78 is 0. The van der Waals surface area contributed by atoms with Crippen LogP contribution in [0, 0.1) is 0 Å². The summed E-state index contributed by atoms with van der Waals surface area (Å²) in [6.07, 6.45) is 0.783. The normalized spacial score (nSPS) is 21.1. The van der Waals surface area contributed by atoms with Crippen molar-refractivity contribution < 1.29 is 14.4 Å². The van der Waals surface area contributed by atoms with Gasteiger partial charge < -0.3 is 5.32 Å². The molecule has 1 fully saturated rings. The third-order valence-electron chi connectivity index (χ3n) is 2.67. The second-order valence-corrected chi connectivity index (χ2v) is 5.56. The smallest absolute Gasteiger partial charge is 0.246 e. The maximum Gasteiger partial charge on any atom is 0.246 e. The van der Waals surface area contributed by atoms with Crippen LogP contribution in [0.25, 0.3) is 0 Å². The first kappa shape index (κ1) is 14.6. The Hall–Kier alpha value is -1.43. The Balaban J connectivity index is 2.42. The van der Waals surface area contributed by atoms with Gasteiger partial charge in [-0.15, -0.1) is 0 Å². The third kappa shape index (κ3) is 4.10. The lowest BCUT2D eigenvalue weighted by Gasteiger charge is -2.28. The van der Waals surface area contributed by atoms with E-state index in [0.717, 1.165) is 4.90 Å². The van der Waals surface area contributed by atoms with Crippen molar-refractivity contribution in [2.75, 3.05) is 13.6 Å². The lowest BCUT2D eigenvalue weighted by molar-refractivity contribution is -0.148. The summed E-state index contributed by atoms with van der Waals surface area (Å²) in [6.45, 7) is 5.75. The average Bonchev–Trinajstić information content (AvgIpc) is 2.22. The predicted octanol–water partition coefficient (Wildman–Crippen LogP) is -0.362. The number of piperidine rings is 1. The highest BCUT2D eigenvalue weighted by molar-refractivity contribution is 6.00. The highest BCUT2D eigenvalue weighted by Gasteiger charge is 2.31. The van der Waals surface area contributed by atoms with Gasteiger partial charge in [0.25, 0.3) is 0 Å². The van der Waals surface area contributed by atoms with Gasteiger partial charge >= 0.3 is 0 Å². The Bertz CT molecular complexity index is 360. The number of hydrogen-bond donors (Lipinski definition) is 2. The van der Waals surface area contributed by atoms with E-state index in [-0.39, 0.29) is 29.8 Å². The number of imide groups is 1. The monoisotopic (exact) mass is 255 g/mol. The molecule has 6 nitrogen and oxygen atoms in total.